The molecule has 0 fully saturated rings. The number of pyridine rings is 1. The maximum absolute atomic E-state index is 12.1. The minimum Gasteiger partial charge on any atom is -0.361 e. The van der Waals surface area contributed by atoms with Crippen molar-refractivity contribution in [2.45, 2.75) is 6.42 Å². The molecule has 3 aromatic heterocycles. The summed E-state index contributed by atoms with van der Waals surface area (Å²) in [6.45, 7) is 0.474. The fourth-order valence-corrected chi connectivity index (χ4v) is 2.64. The predicted octanol–water partition coefficient (Wildman–Crippen LogP) is 2.59. The highest BCUT2D eigenvalue weighted by molar-refractivity contribution is 5.90. The average Bonchev–Trinajstić information content (AvgIpc) is 3.30. The Hall–Kier alpha value is -3.48. The molecule has 1 amide bonds. The molecule has 0 atom stereocenters. The van der Waals surface area contributed by atoms with Crippen molar-refractivity contribution in [1.82, 2.24) is 25.4 Å². The summed E-state index contributed by atoms with van der Waals surface area (Å²) in [5.74, 6) is -0.170. The molecule has 4 rings (SSSR count). The molecule has 0 aliphatic rings. The Bertz CT molecular complexity index is 1010. The Labute approximate surface area is 143 Å². The van der Waals surface area contributed by atoms with Gasteiger partial charge in [-0.05, 0) is 30.2 Å². The van der Waals surface area contributed by atoms with Crippen LogP contribution in [0.3, 0.4) is 0 Å². The van der Waals surface area contributed by atoms with E-state index in [1.54, 1.807) is 18.3 Å². The number of H-pyrrole nitrogens is 1. The molecule has 124 valence electrons. The number of hydrogen-bond donors (Lipinski definition) is 2. The molecule has 7 heteroatoms. The lowest BCUT2D eigenvalue weighted by atomic mass is 10.1. The molecule has 3 heterocycles. The Kier molecular flexibility index (Phi) is 3.96. The van der Waals surface area contributed by atoms with Gasteiger partial charge in [-0.1, -0.05) is 29.4 Å². The van der Waals surface area contributed by atoms with Crippen LogP contribution < -0.4 is 5.32 Å². The van der Waals surface area contributed by atoms with E-state index in [9.17, 15) is 4.79 Å². The third-order valence-corrected chi connectivity index (χ3v) is 3.87. The van der Waals surface area contributed by atoms with Gasteiger partial charge in [0.1, 0.15) is 5.69 Å². The zero-order valence-corrected chi connectivity index (χ0v) is 13.3. The minimum atomic E-state index is -0.394. The highest BCUT2D eigenvalue weighted by atomic mass is 16.5. The van der Waals surface area contributed by atoms with E-state index >= 15 is 0 Å². The van der Waals surface area contributed by atoms with E-state index in [2.05, 4.69) is 31.5 Å². The maximum Gasteiger partial charge on any atom is 0.316 e. The third-order valence-electron chi connectivity index (χ3n) is 3.87. The van der Waals surface area contributed by atoms with Crippen LogP contribution in [0.1, 0.15) is 16.2 Å². The number of para-hydroxylation sites is 1. The van der Waals surface area contributed by atoms with Gasteiger partial charge in [0, 0.05) is 29.8 Å². The summed E-state index contributed by atoms with van der Waals surface area (Å²) in [5, 5.41) is 7.75. The Morgan fingerprint density at radius 3 is 2.92 bits per heavy atom. The normalized spacial score (nSPS) is 10.9. The minimum absolute atomic E-state index is 0.0698. The molecule has 0 unspecified atom stereocenters. The largest absolute Gasteiger partial charge is 0.361 e. The van der Waals surface area contributed by atoms with Crippen LogP contribution in [0, 0.1) is 0 Å². The maximum atomic E-state index is 12.1. The van der Waals surface area contributed by atoms with Crippen molar-refractivity contribution in [1.29, 1.82) is 0 Å². The molecule has 0 aliphatic heterocycles. The number of aromatic amines is 1. The smallest absolute Gasteiger partial charge is 0.316 e. The van der Waals surface area contributed by atoms with Crippen LogP contribution in [0.5, 0.6) is 0 Å². The topological polar surface area (TPSA) is 96.7 Å². The van der Waals surface area contributed by atoms with Crippen molar-refractivity contribution >= 4 is 16.8 Å². The number of fused-ring (bicyclic) bond motifs is 1. The molecule has 0 spiro atoms. The lowest BCUT2D eigenvalue weighted by Gasteiger charge is -2.01. The Morgan fingerprint density at radius 1 is 1.16 bits per heavy atom. The van der Waals surface area contributed by atoms with Gasteiger partial charge in [-0.15, -0.1) is 0 Å². The van der Waals surface area contributed by atoms with Crippen LogP contribution in [0.2, 0.25) is 0 Å². The SMILES string of the molecule is O=C(NCCc1c[nH]c2ccccc12)c1nc(-c2ccccn2)no1. The number of benzene rings is 1. The summed E-state index contributed by atoms with van der Waals surface area (Å²) in [6, 6.07) is 13.4. The first-order chi connectivity index (χ1) is 12.3. The molecule has 0 radical (unpaired) electrons. The highest BCUT2D eigenvalue weighted by Crippen LogP contribution is 2.17. The number of hydrogen-bond acceptors (Lipinski definition) is 5. The predicted molar refractivity (Wildman–Crippen MR) is 91.9 cm³/mol. The van der Waals surface area contributed by atoms with Gasteiger partial charge in [0.15, 0.2) is 0 Å². The molecular formula is C18H15N5O2. The number of amides is 1. The summed E-state index contributed by atoms with van der Waals surface area (Å²) in [4.78, 5) is 23.6. The summed E-state index contributed by atoms with van der Waals surface area (Å²) in [6.07, 6.45) is 4.30. The van der Waals surface area contributed by atoms with Gasteiger partial charge in [0.05, 0.1) is 0 Å². The van der Waals surface area contributed by atoms with E-state index in [0.29, 0.717) is 24.5 Å². The second kappa shape index (κ2) is 6.56. The van der Waals surface area contributed by atoms with E-state index in [1.165, 1.54) is 0 Å². The van der Waals surface area contributed by atoms with Gasteiger partial charge in [-0.2, -0.15) is 4.98 Å². The van der Waals surface area contributed by atoms with Gasteiger partial charge in [-0.3, -0.25) is 9.78 Å². The van der Waals surface area contributed by atoms with E-state index in [0.717, 1.165) is 16.5 Å². The molecule has 0 bridgehead atoms. The Morgan fingerprint density at radius 2 is 2.04 bits per heavy atom. The molecule has 4 aromatic rings. The van der Waals surface area contributed by atoms with Gasteiger partial charge in [-0.25, -0.2) is 0 Å². The summed E-state index contributed by atoms with van der Waals surface area (Å²) >= 11 is 0. The number of carbonyl (C=O) groups is 1. The van der Waals surface area contributed by atoms with E-state index in [1.807, 2.05) is 30.5 Å². The molecule has 25 heavy (non-hydrogen) atoms. The van der Waals surface area contributed by atoms with Crippen molar-refractivity contribution in [3.8, 4) is 11.5 Å². The standard InChI is InChI=1S/C18H15N5O2/c24-17(18-22-16(23-25-18)15-7-3-4-9-19-15)20-10-8-12-11-21-14-6-2-1-5-13(12)14/h1-7,9,11,21H,8,10H2,(H,20,24). The lowest BCUT2D eigenvalue weighted by molar-refractivity contribution is 0.0910. The van der Waals surface area contributed by atoms with E-state index in [-0.39, 0.29) is 5.89 Å². The molecule has 7 nitrogen and oxygen atoms in total. The first-order valence-corrected chi connectivity index (χ1v) is 7.89. The summed E-state index contributed by atoms with van der Waals surface area (Å²) in [5.41, 5.74) is 2.79. The van der Waals surface area contributed by atoms with Crippen LogP contribution in [-0.4, -0.2) is 32.6 Å². The van der Waals surface area contributed by atoms with Crippen LogP contribution in [0.25, 0.3) is 22.4 Å². The lowest BCUT2D eigenvalue weighted by Crippen LogP contribution is -2.25. The molecule has 0 aliphatic carbocycles. The van der Waals surface area contributed by atoms with E-state index in [4.69, 9.17) is 4.52 Å². The molecule has 0 saturated carbocycles. The second-order valence-electron chi connectivity index (χ2n) is 5.50. The van der Waals surface area contributed by atoms with Crippen molar-refractivity contribution < 1.29 is 9.32 Å². The zero-order valence-electron chi connectivity index (χ0n) is 13.3. The van der Waals surface area contributed by atoms with Crippen molar-refractivity contribution in [3.05, 3.63) is 66.3 Å². The fraction of sp³-hybridized carbons (Fsp3) is 0.111. The fourth-order valence-electron chi connectivity index (χ4n) is 2.64. The van der Waals surface area contributed by atoms with Crippen molar-refractivity contribution in [3.63, 3.8) is 0 Å². The van der Waals surface area contributed by atoms with E-state index < -0.39 is 5.91 Å². The van der Waals surface area contributed by atoms with Crippen molar-refractivity contribution in [2.24, 2.45) is 0 Å². The first kappa shape index (κ1) is 15.1. The zero-order chi connectivity index (χ0) is 17.1. The molecule has 1 aromatic carbocycles. The second-order valence-corrected chi connectivity index (χ2v) is 5.50. The summed E-state index contributed by atoms with van der Waals surface area (Å²) in [7, 11) is 0. The molecule has 2 N–H and O–H groups in total. The van der Waals surface area contributed by atoms with Gasteiger partial charge >= 0.3 is 11.8 Å². The highest BCUT2D eigenvalue weighted by Gasteiger charge is 2.16. The Balaban J connectivity index is 1.39. The number of nitrogens with zero attached hydrogens (tertiary/aromatic N) is 3. The monoisotopic (exact) mass is 333 g/mol. The quantitative estimate of drug-likeness (QED) is 0.585. The average molecular weight is 333 g/mol. The molecular weight excluding hydrogens is 318 g/mol. The van der Waals surface area contributed by atoms with Crippen LogP contribution >= 0.6 is 0 Å². The number of aromatic nitrogens is 4. The van der Waals surface area contributed by atoms with Crippen LogP contribution in [0.15, 0.2) is 59.4 Å². The number of nitrogens with one attached hydrogen (secondary N) is 2. The first-order valence-electron chi connectivity index (χ1n) is 7.89. The van der Waals surface area contributed by atoms with Gasteiger partial charge < -0.3 is 14.8 Å². The third kappa shape index (κ3) is 3.12. The van der Waals surface area contributed by atoms with Gasteiger partial charge in [0.25, 0.3) is 0 Å². The van der Waals surface area contributed by atoms with Crippen molar-refractivity contribution in [2.75, 3.05) is 6.54 Å². The summed E-state index contributed by atoms with van der Waals surface area (Å²) < 4.78 is 5.02. The number of rotatable bonds is 5. The van der Waals surface area contributed by atoms with Crippen LogP contribution in [-0.2, 0) is 6.42 Å². The molecule has 0 saturated heterocycles. The number of carbonyl (C=O) groups excluding carboxylic acids is 1. The van der Waals surface area contributed by atoms with Gasteiger partial charge in [0.2, 0.25) is 5.82 Å². The van der Waals surface area contributed by atoms with Crippen LogP contribution in [0.4, 0.5) is 0 Å².